The van der Waals surface area contributed by atoms with E-state index in [2.05, 4.69) is 20.6 Å². The lowest BCUT2D eigenvalue weighted by Gasteiger charge is -2.30. The molecule has 3 aromatic carbocycles. The van der Waals surface area contributed by atoms with Gasteiger partial charge < -0.3 is 26.0 Å². The first-order valence-electron chi connectivity index (χ1n) is 12.4. The summed E-state index contributed by atoms with van der Waals surface area (Å²) >= 11 is 0. The molecule has 1 aliphatic rings. The molecule has 0 saturated carbocycles. The molecular formula is C28H30N6O3. The van der Waals surface area contributed by atoms with Gasteiger partial charge in [-0.3, -0.25) is 9.48 Å². The third kappa shape index (κ3) is 6.25. The molecule has 4 N–H and O–H groups in total. The lowest BCUT2D eigenvalue weighted by Crippen LogP contribution is -2.39. The molecule has 0 unspecified atom stereocenters. The topological polar surface area (TPSA) is 115 Å². The number of carbonyl (C=O) groups is 2. The van der Waals surface area contributed by atoms with Crippen LogP contribution in [0.1, 0.15) is 12.8 Å². The number of likely N-dealkylation sites (tertiary alicyclic amines) is 1. The van der Waals surface area contributed by atoms with Crippen LogP contribution in [0.5, 0.6) is 11.5 Å². The number of aromatic nitrogens is 2. The van der Waals surface area contributed by atoms with Crippen LogP contribution in [0.3, 0.4) is 0 Å². The summed E-state index contributed by atoms with van der Waals surface area (Å²) in [5.74, 6) is 1.25. The summed E-state index contributed by atoms with van der Waals surface area (Å²) in [5.41, 5.74) is 7.78. The van der Waals surface area contributed by atoms with Crippen molar-refractivity contribution in [3.8, 4) is 11.5 Å². The Morgan fingerprint density at radius 1 is 0.892 bits per heavy atom. The Kier molecular flexibility index (Phi) is 7.32. The van der Waals surface area contributed by atoms with E-state index in [0.29, 0.717) is 17.1 Å². The van der Waals surface area contributed by atoms with Crippen molar-refractivity contribution in [3.05, 3.63) is 79.0 Å². The molecule has 0 atom stereocenters. The molecule has 190 valence electrons. The molecule has 0 bridgehead atoms. The van der Waals surface area contributed by atoms with Crippen molar-refractivity contribution in [2.45, 2.75) is 19.4 Å². The van der Waals surface area contributed by atoms with E-state index < -0.39 is 0 Å². The molecule has 4 aromatic rings. The molecule has 37 heavy (non-hydrogen) atoms. The molecule has 5 rings (SSSR count). The number of hydrogen-bond acceptors (Lipinski definition) is 5. The first kappa shape index (κ1) is 24.3. The predicted molar refractivity (Wildman–Crippen MR) is 144 cm³/mol. The first-order chi connectivity index (χ1) is 18.0. The number of ether oxygens (including phenoxy) is 1. The van der Waals surface area contributed by atoms with Crippen molar-refractivity contribution in [2.75, 3.05) is 30.3 Å². The molecule has 9 heteroatoms. The molecule has 1 saturated heterocycles. The van der Waals surface area contributed by atoms with E-state index in [1.54, 1.807) is 12.1 Å². The van der Waals surface area contributed by atoms with Crippen molar-refractivity contribution in [1.29, 1.82) is 0 Å². The molecule has 9 nitrogen and oxygen atoms in total. The van der Waals surface area contributed by atoms with Crippen molar-refractivity contribution in [3.63, 3.8) is 0 Å². The van der Waals surface area contributed by atoms with Gasteiger partial charge in [0.15, 0.2) is 0 Å². The highest BCUT2D eigenvalue weighted by Gasteiger charge is 2.22. The Bertz CT molecular complexity index is 1360. The maximum atomic E-state index is 12.5. The van der Waals surface area contributed by atoms with Crippen molar-refractivity contribution < 1.29 is 14.3 Å². The number of hydrogen-bond donors (Lipinski definition) is 3. The monoisotopic (exact) mass is 498 g/mol. The second kappa shape index (κ2) is 11.1. The quantitative estimate of drug-likeness (QED) is 0.327. The fourth-order valence-corrected chi connectivity index (χ4v) is 4.54. The molecule has 1 aliphatic heterocycles. The summed E-state index contributed by atoms with van der Waals surface area (Å²) < 4.78 is 7.76. The third-order valence-electron chi connectivity index (χ3n) is 6.61. The van der Waals surface area contributed by atoms with Crippen LogP contribution in [0.15, 0.2) is 79.0 Å². The summed E-state index contributed by atoms with van der Waals surface area (Å²) in [6, 6.07) is 22.1. The van der Waals surface area contributed by atoms with Gasteiger partial charge in [-0.25, -0.2) is 4.79 Å². The van der Waals surface area contributed by atoms with E-state index in [9.17, 15) is 9.59 Å². The number of piperidine rings is 1. The molecule has 1 fully saturated rings. The number of anilines is 2. The number of para-hydroxylation sites is 1. The molecule has 0 aliphatic carbocycles. The van der Waals surface area contributed by atoms with E-state index in [-0.39, 0.29) is 17.9 Å². The number of nitrogens with two attached hydrogens (primary N) is 1. The third-order valence-corrected chi connectivity index (χ3v) is 6.61. The van der Waals surface area contributed by atoms with Gasteiger partial charge in [0.25, 0.3) is 0 Å². The van der Waals surface area contributed by atoms with Gasteiger partial charge in [0, 0.05) is 29.2 Å². The van der Waals surface area contributed by atoms with Gasteiger partial charge in [0.1, 0.15) is 11.5 Å². The van der Waals surface area contributed by atoms with Crippen LogP contribution in [0.2, 0.25) is 0 Å². The van der Waals surface area contributed by atoms with Crippen molar-refractivity contribution in [2.24, 2.45) is 11.7 Å². The van der Waals surface area contributed by atoms with Crippen LogP contribution in [-0.4, -0.2) is 46.3 Å². The van der Waals surface area contributed by atoms with Gasteiger partial charge in [-0.2, -0.15) is 5.10 Å². The minimum atomic E-state index is -0.331. The zero-order chi connectivity index (χ0) is 25.6. The fraction of sp³-hybridized carbons (Fsp3) is 0.250. The van der Waals surface area contributed by atoms with Gasteiger partial charge >= 0.3 is 6.03 Å². The van der Waals surface area contributed by atoms with Crippen LogP contribution in [-0.2, 0) is 11.3 Å². The number of nitrogens with zero attached hydrogens (tertiary/aromatic N) is 3. The summed E-state index contributed by atoms with van der Waals surface area (Å²) in [7, 11) is 0. The number of urea groups is 1. The SMILES string of the molecule is NC(=O)C1CCN(CCn2ncc3cc(NC(=O)Nc4ccc(Oc5ccccc5)cc4)ccc32)CC1. The molecule has 0 spiro atoms. The standard InChI is InChI=1S/C28H30N6O3/c29-27(35)20-12-14-33(15-13-20)16-17-34-26-11-8-23(18-21(26)19-30-34)32-28(36)31-22-6-9-25(10-7-22)37-24-4-2-1-3-5-24/h1-11,18-20H,12-17H2,(H2,29,35)(H2,31,32,36). The average Bonchev–Trinajstić information content (AvgIpc) is 3.31. The van der Waals surface area contributed by atoms with Crippen LogP contribution in [0.4, 0.5) is 16.2 Å². The molecule has 2 heterocycles. The van der Waals surface area contributed by atoms with Crippen molar-refractivity contribution in [1.82, 2.24) is 14.7 Å². The summed E-state index contributed by atoms with van der Waals surface area (Å²) in [5, 5.41) is 11.2. The van der Waals surface area contributed by atoms with E-state index in [1.807, 2.05) is 71.5 Å². The van der Waals surface area contributed by atoms with Crippen LogP contribution < -0.4 is 21.1 Å². The van der Waals surface area contributed by atoms with E-state index >= 15 is 0 Å². The van der Waals surface area contributed by atoms with Crippen molar-refractivity contribution >= 4 is 34.2 Å². The Morgan fingerprint density at radius 2 is 1.57 bits per heavy atom. The first-order valence-corrected chi connectivity index (χ1v) is 12.4. The number of carbonyl (C=O) groups excluding carboxylic acids is 2. The normalized spacial score (nSPS) is 14.4. The lowest BCUT2D eigenvalue weighted by atomic mass is 9.96. The van der Waals surface area contributed by atoms with E-state index in [4.69, 9.17) is 10.5 Å². The highest BCUT2D eigenvalue weighted by Crippen LogP contribution is 2.24. The average molecular weight is 499 g/mol. The Hall–Kier alpha value is -4.37. The number of nitrogens with one attached hydrogen (secondary N) is 2. The fourth-order valence-electron chi connectivity index (χ4n) is 4.54. The number of primary amides is 1. The molecule has 1 aromatic heterocycles. The number of rotatable bonds is 8. The van der Waals surface area contributed by atoms with E-state index in [1.165, 1.54) is 0 Å². The predicted octanol–water partition coefficient (Wildman–Crippen LogP) is 4.67. The Morgan fingerprint density at radius 3 is 2.30 bits per heavy atom. The summed E-state index contributed by atoms with van der Waals surface area (Å²) in [6.45, 7) is 3.36. The minimum Gasteiger partial charge on any atom is -0.457 e. The molecule has 3 amide bonds. The highest BCUT2D eigenvalue weighted by atomic mass is 16.5. The summed E-state index contributed by atoms with van der Waals surface area (Å²) in [4.78, 5) is 26.2. The zero-order valence-electron chi connectivity index (χ0n) is 20.5. The minimum absolute atomic E-state index is 0.00192. The second-order valence-electron chi connectivity index (χ2n) is 9.18. The summed E-state index contributed by atoms with van der Waals surface area (Å²) in [6.07, 6.45) is 3.44. The number of amides is 3. The maximum Gasteiger partial charge on any atom is 0.323 e. The number of fused-ring (bicyclic) bond motifs is 1. The zero-order valence-corrected chi connectivity index (χ0v) is 20.5. The van der Waals surface area contributed by atoms with Gasteiger partial charge in [0.2, 0.25) is 5.91 Å². The van der Waals surface area contributed by atoms with Crippen LogP contribution in [0.25, 0.3) is 10.9 Å². The molecular weight excluding hydrogens is 468 g/mol. The highest BCUT2D eigenvalue weighted by molar-refractivity contribution is 6.01. The Labute approximate surface area is 215 Å². The lowest BCUT2D eigenvalue weighted by molar-refractivity contribution is -0.123. The van der Waals surface area contributed by atoms with E-state index in [0.717, 1.165) is 55.7 Å². The van der Waals surface area contributed by atoms with Gasteiger partial charge in [0.05, 0.1) is 18.3 Å². The smallest absolute Gasteiger partial charge is 0.323 e. The maximum absolute atomic E-state index is 12.5. The number of benzene rings is 3. The molecule has 0 radical (unpaired) electrons. The second-order valence-corrected chi connectivity index (χ2v) is 9.18. The van der Waals surface area contributed by atoms with Gasteiger partial charge in [-0.1, -0.05) is 18.2 Å². The largest absolute Gasteiger partial charge is 0.457 e. The van der Waals surface area contributed by atoms with Crippen LogP contribution in [0, 0.1) is 5.92 Å². The van der Waals surface area contributed by atoms with Gasteiger partial charge in [-0.15, -0.1) is 0 Å². The Balaban J connectivity index is 1.13. The van der Waals surface area contributed by atoms with Crippen LogP contribution >= 0.6 is 0 Å². The van der Waals surface area contributed by atoms with Gasteiger partial charge in [-0.05, 0) is 80.5 Å².